The molecule has 0 spiro atoms. The van der Waals surface area contributed by atoms with Gasteiger partial charge in [0.1, 0.15) is 0 Å². The summed E-state index contributed by atoms with van der Waals surface area (Å²) in [4.78, 5) is 11.2. The van der Waals surface area contributed by atoms with E-state index in [9.17, 15) is 4.89 Å². The van der Waals surface area contributed by atoms with Crippen molar-refractivity contribution < 1.29 is 28.9 Å². The first-order chi connectivity index (χ1) is 5.12. The Bertz CT molecular complexity index is 170. The van der Waals surface area contributed by atoms with Gasteiger partial charge in [-0.1, -0.05) is 24.0 Å². The summed E-state index contributed by atoms with van der Waals surface area (Å²) in [6.45, 7) is 7.14. The molecule has 12 heavy (non-hydrogen) atoms. The Morgan fingerprint density at radius 3 is 2.50 bits per heavy atom. The molecule has 0 aliphatic heterocycles. The quantitative estimate of drug-likeness (QED) is 0.419. The number of hydrogen-bond donors (Lipinski definition) is 0. The van der Waals surface area contributed by atoms with Crippen LogP contribution in [0.3, 0.4) is 0 Å². The summed E-state index contributed by atoms with van der Waals surface area (Å²) in [7, 11) is 0. The molecule has 0 saturated carbocycles. The summed E-state index contributed by atoms with van der Waals surface area (Å²) < 4.78 is 4.85. The Morgan fingerprint density at radius 2 is 2.08 bits per heavy atom. The van der Waals surface area contributed by atoms with E-state index in [1.807, 2.05) is 0 Å². The van der Waals surface area contributed by atoms with Crippen LogP contribution in [0, 0.1) is 0 Å². The van der Waals surface area contributed by atoms with Crippen LogP contribution in [-0.4, -0.2) is 12.4 Å². The van der Waals surface area contributed by atoms with Crippen molar-refractivity contribution in [2.24, 2.45) is 0 Å². The molecule has 0 aliphatic rings. The van der Waals surface area contributed by atoms with Crippen LogP contribution in [0.5, 0.6) is 0 Å². The van der Waals surface area contributed by atoms with E-state index >= 15 is 0 Å². The largest absolute Gasteiger partial charge is 0.793 e. The van der Waals surface area contributed by atoms with Gasteiger partial charge in [-0.25, -0.2) is 0 Å². The summed E-state index contributed by atoms with van der Waals surface area (Å²) in [6.07, 6.45) is 3.16. The van der Waals surface area contributed by atoms with Gasteiger partial charge >= 0.3 is 0 Å². The average molecular weight is 275 g/mol. The summed E-state index contributed by atoms with van der Waals surface area (Å²) in [5.74, 6) is 0.553. The van der Waals surface area contributed by atoms with Crippen LogP contribution in [0.4, 0.5) is 0 Å². The fourth-order valence-electron chi connectivity index (χ4n) is 0.325. The maximum absolute atomic E-state index is 11.2. The second-order valence-corrected chi connectivity index (χ2v) is 7.71. The Hall–Kier alpha value is 1.02. The molecule has 66 valence electrons. The third-order valence-corrected chi connectivity index (χ3v) is 4.84. The second-order valence-electron chi connectivity index (χ2n) is 1.62. The maximum Gasteiger partial charge on any atom is 0.0692 e. The van der Waals surface area contributed by atoms with E-state index in [1.54, 1.807) is 6.08 Å². The van der Waals surface area contributed by atoms with Crippen molar-refractivity contribution in [3.63, 3.8) is 0 Å². The fourth-order valence-corrected chi connectivity index (χ4v) is 2.98. The van der Waals surface area contributed by atoms with Gasteiger partial charge < -0.3 is 9.42 Å². The van der Waals surface area contributed by atoms with Crippen LogP contribution in [0.2, 0.25) is 0 Å². The molecule has 0 rings (SSSR count). The first-order valence-corrected chi connectivity index (χ1v) is 7.17. The van der Waals surface area contributed by atoms with E-state index in [2.05, 4.69) is 25.0 Å². The third-order valence-electron chi connectivity index (χ3n) is 0.701. The molecule has 0 aliphatic carbocycles. The van der Waals surface area contributed by atoms with Gasteiger partial charge in [0.2, 0.25) is 0 Å². The van der Waals surface area contributed by atoms with E-state index in [-0.39, 0.29) is 26.1 Å². The van der Waals surface area contributed by atoms with Gasteiger partial charge in [0, 0.05) is 30.9 Å². The molecule has 0 heterocycles. The SMILES string of the molecule is C=CCOP([O-])(=S)SCC=C.[Zn]. The van der Waals surface area contributed by atoms with Crippen LogP contribution in [-0.2, 0) is 35.8 Å². The van der Waals surface area contributed by atoms with Gasteiger partial charge in [-0.3, -0.25) is 0 Å². The predicted octanol–water partition coefficient (Wildman–Crippen LogP) is 1.69. The van der Waals surface area contributed by atoms with Gasteiger partial charge in [0.15, 0.2) is 0 Å². The second kappa shape index (κ2) is 8.61. The molecule has 0 amide bonds. The minimum absolute atomic E-state index is 0. The van der Waals surface area contributed by atoms with Crippen molar-refractivity contribution >= 4 is 28.9 Å². The van der Waals surface area contributed by atoms with E-state index in [0.29, 0.717) is 5.75 Å². The van der Waals surface area contributed by atoms with Crippen molar-refractivity contribution in [1.82, 2.24) is 0 Å². The van der Waals surface area contributed by atoms with Gasteiger partial charge in [-0.05, 0) is 0 Å². The Balaban J connectivity index is 0. The third kappa shape index (κ3) is 9.11. The number of hydrogen-bond acceptors (Lipinski definition) is 4. The van der Waals surface area contributed by atoms with E-state index in [4.69, 9.17) is 4.52 Å². The summed E-state index contributed by atoms with van der Waals surface area (Å²) in [5.41, 5.74) is -2.87. The fraction of sp³-hybridized carbons (Fsp3) is 0.333. The minimum Gasteiger partial charge on any atom is -0.793 e. The summed E-state index contributed by atoms with van der Waals surface area (Å²) in [6, 6.07) is 0. The van der Waals surface area contributed by atoms with Crippen molar-refractivity contribution in [2.75, 3.05) is 12.4 Å². The molecule has 0 fully saturated rings. The van der Waals surface area contributed by atoms with Crippen LogP contribution in [0.1, 0.15) is 0 Å². The van der Waals surface area contributed by atoms with Gasteiger partial charge in [0.05, 0.1) is 6.61 Å². The van der Waals surface area contributed by atoms with Crippen LogP contribution in [0.25, 0.3) is 0 Å². The topological polar surface area (TPSA) is 32.3 Å². The minimum atomic E-state index is -2.87. The molecule has 0 aromatic heterocycles. The summed E-state index contributed by atoms with van der Waals surface area (Å²) in [5, 5.41) is 0. The molecule has 0 bridgehead atoms. The van der Waals surface area contributed by atoms with Crippen molar-refractivity contribution in [3.05, 3.63) is 25.3 Å². The van der Waals surface area contributed by atoms with Crippen LogP contribution < -0.4 is 4.89 Å². The average Bonchev–Trinajstić information content (AvgIpc) is 1.97. The summed E-state index contributed by atoms with van der Waals surface area (Å²) >= 11 is 5.78. The Labute approximate surface area is 95.1 Å². The zero-order valence-electron chi connectivity index (χ0n) is 6.77. The van der Waals surface area contributed by atoms with E-state index in [1.165, 1.54) is 6.08 Å². The van der Waals surface area contributed by atoms with Crippen molar-refractivity contribution in [1.29, 1.82) is 0 Å². The van der Waals surface area contributed by atoms with Crippen molar-refractivity contribution in [2.45, 2.75) is 0 Å². The first-order valence-electron chi connectivity index (χ1n) is 2.94. The standard InChI is InChI=1S/C6H11O2PS2.Zn/c1-3-5-8-9(7,10)11-6-4-2;/h3-4H,1-2,5-6H2,(H,7,10);/p-1. The molecular weight excluding hydrogens is 265 g/mol. The molecule has 0 aromatic carbocycles. The van der Waals surface area contributed by atoms with Crippen molar-refractivity contribution in [3.8, 4) is 0 Å². The van der Waals surface area contributed by atoms with E-state index in [0.717, 1.165) is 11.4 Å². The predicted molar refractivity (Wildman–Crippen MR) is 53.1 cm³/mol. The number of rotatable bonds is 6. The maximum atomic E-state index is 11.2. The van der Waals surface area contributed by atoms with Crippen LogP contribution in [0.15, 0.2) is 25.3 Å². The Kier molecular flexibility index (Phi) is 11.1. The molecule has 2 nitrogen and oxygen atoms in total. The molecule has 0 saturated heterocycles. The van der Waals surface area contributed by atoms with Gasteiger partial charge in [-0.2, -0.15) is 0 Å². The zero-order valence-corrected chi connectivity index (χ0v) is 12.3. The molecular formula is C6H10O2PS2Zn-. The zero-order chi connectivity index (χ0) is 8.74. The normalized spacial score (nSPS) is 14.1. The molecule has 6 heteroatoms. The first kappa shape index (κ1) is 15.5. The molecule has 0 aromatic rings. The molecule has 0 radical (unpaired) electrons. The molecule has 1 atom stereocenters. The van der Waals surface area contributed by atoms with Gasteiger partial charge in [0.25, 0.3) is 0 Å². The smallest absolute Gasteiger partial charge is 0.0692 e. The monoisotopic (exact) mass is 273 g/mol. The molecule has 0 N–H and O–H groups in total. The van der Waals surface area contributed by atoms with E-state index < -0.39 is 5.69 Å². The van der Waals surface area contributed by atoms with Crippen LogP contribution >= 0.6 is 17.1 Å². The van der Waals surface area contributed by atoms with Gasteiger partial charge in [-0.15, -0.1) is 24.5 Å². The Morgan fingerprint density at radius 1 is 1.50 bits per heavy atom. The molecule has 1 unspecified atom stereocenters.